The summed E-state index contributed by atoms with van der Waals surface area (Å²) in [7, 11) is 0. The Bertz CT molecular complexity index is 1150. The molecule has 0 bridgehead atoms. The first-order valence-electron chi connectivity index (χ1n) is 11.5. The SMILES string of the molecule is CC(C)NC(=O)c1ccc(CNc2c(Cl)ccc3c2CCNCC32OC(=O)CCC(=O)O2)cc1F. The van der Waals surface area contributed by atoms with E-state index in [1.54, 1.807) is 32.0 Å². The Kier molecular flexibility index (Phi) is 7.28. The van der Waals surface area contributed by atoms with Crippen LogP contribution in [0.15, 0.2) is 30.3 Å². The molecule has 0 saturated carbocycles. The number of ether oxygens (including phenoxy) is 2. The molecule has 0 aromatic heterocycles. The number of hydrogen-bond donors (Lipinski definition) is 3. The number of amides is 1. The fourth-order valence-electron chi connectivity index (χ4n) is 4.25. The summed E-state index contributed by atoms with van der Waals surface area (Å²) < 4.78 is 25.9. The first kappa shape index (κ1) is 24.9. The van der Waals surface area contributed by atoms with Crippen LogP contribution < -0.4 is 16.0 Å². The van der Waals surface area contributed by atoms with Crippen LogP contribution in [0, 0.1) is 5.82 Å². The van der Waals surface area contributed by atoms with E-state index < -0.39 is 29.5 Å². The average molecular weight is 504 g/mol. The molecule has 35 heavy (non-hydrogen) atoms. The van der Waals surface area contributed by atoms with Crippen LogP contribution in [0.3, 0.4) is 0 Å². The van der Waals surface area contributed by atoms with Crippen molar-refractivity contribution in [2.45, 2.75) is 51.5 Å². The molecule has 2 aromatic carbocycles. The first-order valence-corrected chi connectivity index (χ1v) is 11.9. The van der Waals surface area contributed by atoms with Gasteiger partial charge in [0, 0.05) is 18.2 Å². The van der Waals surface area contributed by atoms with Gasteiger partial charge in [0.15, 0.2) is 0 Å². The number of anilines is 1. The Morgan fingerprint density at radius 3 is 2.51 bits per heavy atom. The van der Waals surface area contributed by atoms with Crippen LogP contribution in [0.1, 0.15) is 53.7 Å². The Hall–Kier alpha value is -3.17. The minimum atomic E-state index is -1.59. The molecule has 1 spiro atoms. The van der Waals surface area contributed by atoms with Crippen molar-refractivity contribution in [3.63, 3.8) is 0 Å². The van der Waals surface area contributed by atoms with Crippen molar-refractivity contribution in [2.75, 3.05) is 18.4 Å². The van der Waals surface area contributed by atoms with Gasteiger partial charge < -0.3 is 25.4 Å². The zero-order valence-corrected chi connectivity index (χ0v) is 20.3. The highest BCUT2D eigenvalue weighted by Gasteiger charge is 2.46. The molecule has 1 saturated heterocycles. The van der Waals surface area contributed by atoms with Crippen molar-refractivity contribution in [1.82, 2.24) is 10.6 Å². The van der Waals surface area contributed by atoms with E-state index in [9.17, 15) is 18.8 Å². The Morgan fingerprint density at radius 2 is 1.86 bits per heavy atom. The molecule has 1 amide bonds. The highest BCUT2D eigenvalue weighted by atomic mass is 35.5. The number of nitrogens with one attached hydrogen (secondary N) is 3. The van der Waals surface area contributed by atoms with Gasteiger partial charge in [-0.2, -0.15) is 0 Å². The van der Waals surface area contributed by atoms with Crippen molar-refractivity contribution in [2.24, 2.45) is 0 Å². The number of hydrogen-bond acceptors (Lipinski definition) is 7. The molecule has 0 radical (unpaired) electrons. The van der Waals surface area contributed by atoms with Gasteiger partial charge in [0.2, 0.25) is 0 Å². The van der Waals surface area contributed by atoms with Crippen LogP contribution in [0.5, 0.6) is 0 Å². The van der Waals surface area contributed by atoms with E-state index >= 15 is 0 Å². The van der Waals surface area contributed by atoms with Crippen LogP contribution in [0.4, 0.5) is 10.1 Å². The van der Waals surface area contributed by atoms with E-state index in [1.807, 2.05) is 0 Å². The normalized spacial score (nSPS) is 17.2. The molecule has 0 aliphatic carbocycles. The van der Waals surface area contributed by atoms with Crippen LogP contribution in [-0.2, 0) is 37.8 Å². The molecule has 8 nitrogen and oxygen atoms in total. The van der Waals surface area contributed by atoms with E-state index in [4.69, 9.17) is 21.1 Å². The second-order valence-electron chi connectivity index (χ2n) is 8.87. The lowest BCUT2D eigenvalue weighted by Gasteiger charge is -2.32. The van der Waals surface area contributed by atoms with Gasteiger partial charge in [-0.05, 0) is 62.2 Å². The van der Waals surface area contributed by atoms with Gasteiger partial charge in [0.05, 0.1) is 35.7 Å². The van der Waals surface area contributed by atoms with E-state index in [0.717, 1.165) is 5.56 Å². The molecule has 4 rings (SSSR count). The summed E-state index contributed by atoms with van der Waals surface area (Å²) in [5.74, 6) is -3.73. The number of esters is 2. The quantitative estimate of drug-likeness (QED) is 0.537. The minimum Gasteiger partial charge on any atom is -0.416 e. The molecule has 10 heteroatoms. The van der Waals surface area contributed by atoms with Gasteiger partial charge in [-0.1, -0.05) is 17.7 Å². The van der Waals surface area contributed by atoms with Gasteiger partial charge in [0.25, 0.3) is 11.7 Å². The molecule has 0 unspecified atom stereocenters. The summed E-state index contributed by atoms with van der Waals surface area (Å²) in [5, 5.41) is 9.51. The van der Waals surface area contributed by atoms with Gasteiger partial charge in [-0.3, -0.25) is 14.4 Å². The van der Waals surface area contributed by atoms with Crippen molar-refractivity contribution < 1.29 is 28.2 Å². The highest BCUT2D eigenvalue weighted by Crippen LogP contribution is 2.40. The third-order valence-corrected chi connectivity index (χ3v) is 6.15. The summed E-state index contributed by atoms with van der Waals surface area (Å²) >= 11 is 6.52. The van der Waals surface area contributed by atoms with Gasteiger partial charge in [-0.25, -0.2) is 4.39 Å². The van der Waals surface area contributed by atoms with Crippen LogP contribution in [-0.4, -0.2) is 37.0 Å². The summed E-state index contributed by atoms with van der Waals surface area (Å²) in [5.41, 5.74) is 2.42. The second kappa shape index (κ2) is 10.2. The van der Waals surface area contributed by atoms with Crippen LogP contribution in [0.2, 0.25) is 5.02 Å². The number of benzene rings is 2. The van der Waals surface area contributed by atoms with Gasteiger partial charge in [0.1, 0.15) is 5.82 Å². The predicted molar refractivity (Wildman–Crippen MR) is 127 cm³/mol. The lowest BCUT2D eigenvalue weighted by molar-refractivity contribution is -0.225. The van der Waals surface area contributed by atoms with E-state index in [-0.39, 0.29) is 37.5 Å². The smallest absolute Gasteiger partial charge is 0.309 e. The molecule has 2 aromatic rings. The molecule has 2 aliphatic rings. The Morgan fingerprint density at radius 1 is 1.14 bits per heavy atom. The summed E-state index contributed by atoms with van der Waals surface area (Å²) in [6, 6.07) is 7.64. The lowest BCUT2D eigenvalue weighted by Crippen LogP contribution is -2.43. The van der Waals surface area contributed by atoms with Gasteiger partial charge in [-0.15, -0.1) is 0 Å². The zero-order valence-electron chi connectivity index (χ0n) is 19.5. The molecule has 2 heterocycles. The number of fused-ring (bicyclic) bond motifs is 2. The number of halogens is 2. The molecule has 186 valence electrons. The third-order valence-electron chi connectivity index (χ3n) is 5.84. The molecule has 0 atom stereocenters. The average Bonchev–Trinajstić information content (AvgIpc) is 3.05. The van der Waals surface area contributed by atoms with Crippen molar-refractivity contribution in [3.8, 4) is 0 Å². The Balaban J connectivity index is 1.62. The van der Waals surface area contributed by atoms with Crippen molar-refractivity contribution in [3.05, 3.63) is 63.4 Å². The topological polar surface area (TPSA) is 106 Å². The third kappa shape index (κ3) is 5.41. The summed E-state index contributed by atoms with van der Waals surface area (Å²) in [6.07, 6.45) is 0.425. The minimum absolute atomic E-state index is 0.0286. The molecule has 3 N–H and O–H groups in total. The van der Waals surface area contributed by atoms with Gasteiger partial charge >= 0.3 is 11.9 Å². The fraction of sp³-hybridized carbons (Fsp3) is 0.400. The first-order chi connectivity index (χ1) is 16.7. The fourth-order valence-corrected chi connectivity index (χ4v) is 4.49. The summed E-state index contributed by atoms with van der Waals surface area (Å²) in [4.78, 5) is 36.7. The number of rotatable bonds is 5. The van der Waals surface area contributed by atoms with Crippen molar-refractivity contribution in [1.29, 1.82) is 0 Å². The maximum atomic E-state index is 14.6. The number of carbonyl (C=O) groups is 3. The second-order valence-corrected chi connectivity index (χ2v) is 9.28. The maximum absolute atomic E-state index is 14.6. The van der Waals surface area contributed by atoms with Crippen LogP contribution in [0.25, 0.3) is 0 Å². The summed E-state index contributed by atoms with van der Waals surface area (Å²) in [6.45, 7) is 4.48. The largest absolute Gasteiger partial charge is 0.416 e. The predicted octanol–water partition coefficient (Wildman–Crippen LogP) is 3.41. The van der Waals surface area contributed by atoms with E-state index in [0.29, 0.717) is 34.8 Å². The lowest BCUT2D eigenvalue weighted by atomic mass is 9.96. The Labute approximate surface area is 207 Å². The van der Waals surface area contributed by atoms with E-state index in [1.165, 1.54) is 12.1 Å². The monoisotopic (exact) mass is 503 g/mol. The standard InChI is InChI=1S/C25H27ClFN3O5/c1-14(2)30-24(33)17-4-3-15(11-20(17)27)12-29-23-16-9-10-28-13-25(18(16)5-6-19(23)26)34-21(31)7-8-22(32)35-25/h3-6,11,14,28-29H,7-10,12-13H2,1-2H3,(H,30,33). The molecule has 1 fully saturated rings. The number of carbonyl (C=O) groups excluding carboxylic acids is 3. The van der Waals surface area contributed by atoms with Crippen LogP contribution >= 0.6 is 11.6 Å². The van der Waals surface area contributed by atoms with E-state index in [2.05, 4.69) is 16.0 Å². The highest BCUT2D eigenvalue weighted by molar-refractivity contribution is 6.33. The maximum Gasteiger partial charge on any atom is 0.309 e. The molecular formula is C25H27ClFN3O5. The molecular weight excluding hydrogens is 477 g/mol. The van der Waals surface area contributed by atoms with Crippen molar-refractivity contribution >= 4 is 35.1 Å². The molecule has 2 aliphatic heterocycles. The zero-order chi connectivity index (χ0) is 25.2.